The predicted molar refractivity (Wildman–Crippen MR) is 59.0 cm³/mol. The lowest BCUT2D eigenvalue weighted by atomic mass is 10.0. The first-order valence-electron chi connectivity index (χ1n) is 4.54. The van der Waals surface area contributed by atoms with Gasteiger partial charge in [-0.2, -0.15) is 0 Å². The molecule has 1 atom stereocenters. The van der Waals surface area contributed by atoms with Gasteiger partial charge in [0.25, 0.3) is 0 Å². The molecule has 2 N–H and O–H groups in total. The Kier molecular flexibility index (Phi) is 2.44. The molecule has 0 aliphatic heterocycles. The largest absolute Gasteiger partial charge is 0.507 e. The summed E-state index contributed by atoms with van der Waals surface area (Å²) in [5.74, 6) is 0.385. The van der Waals surface area contributed by atoms with Crippen LogP contribution in [0.4, 0.5) is 0 Å². The van der Waals surface area contributed by atoms with Gasteiger partial charge in [0.15, 0.2) is 0 Å². The molecule has 0 saturated carbocycles. The number of aromatic hydroxyl groups is 1. The fourth-order valence-corrected chi connectivity index (χ4v) is 2.66. The van der Waals surface area contributed by atoms with Crippen molar-refractivity contribution in [3.05, 3.63) is 29.1 Å². The molecule has 1 aromatic heterocycles. The summed E-state index contributed by atoms with van der Waals surface area (Å²) >= 11 is 1.60. The summed E-state index contributed by atoms with van der Waals surface area (Å²) in [4.78, 5) is 0. The molecule has 0 aliphatic rings. The van der Waals surface area contributed by atoms with Crippen LogP contribution < -0.4 is 0 Å². The van der Waals surface area contributed by atoms with E-state index in [1.165, 1.54) is 0 Å². The van der Waals surface area contributed by atoms with Crippen LogP contribution in [-0.2, 0) is 0 Å². The van der Waals surface area contributed by atoms with E-state index in [9.17, 15) is 5.11 Å². The fourth-order valence-electron chi connectivity index (χ4n) is 1.55. The number of hydrogen-bond acceptors (Lipinski definition) is 3. The van der Waals surface area contributed by atoms with Gasteiger partial charge in [0.2, 0.25) is 0 Å². The van der Waals surface area contributed by atoms with Crippen molar-refractivity contribution in [2.75, 3.05) is 6.61 Å². The van der Waals surface area contributed by atoms with Crippen molar-refractivity contribution in [1.29, 1.82) is 0 Å². The molecule has 14 heavy (non-hydrogen) atoms. The van der Waals surface area contributed by atoms with Gasteiger partial charge < -0.3 is 10.2 Å². The zero-order chi connectivity index (χ0) is 10.1. The monoisotopic (exact) mass is 208 g/mol. The summed E-state index contributed by atoms with van der Waals surface area (Å²) in [5, 5.41) is 21.7. The van der Waals surface area contributed by atoms with E-state index in [1.54, 1.807) is 17.4 Å². The third-order valence-electron chi connectivity index (χ3n) is 2.41. The zero-order valence-corrected chi connectivity index (χ0v) is 8.71. The quantitative estimate of drug-likeness (QED) is 0.796. The second-order valence-electron chi connectivity index (χ2n) is 3.42. The van der Waals surface area contributed by atoms with E-state index >= 15 is 0 Å². The maximum atomic E-state index is 9.71. The van der Waals surface area contributed by atoms with Gasteiger partial charge in [0.05, 0.1) is 0 Å². The molecule has 0 saturated heterocycles. The minimum atomic E-state index is 0.0806. The SMILES string of the molecule is CC(CO)c1csc2cccc(O)c12. The van der Waals surface area contributed by atoms with Gasteiger partial charge in [-0.15, -0.1) is 11.3 Å². The topological polar surface area (TPSA) is 40.5 Å². The highest BCUT2D eigenvalue weighted by atomic mass is 32.1. The first kappa shape index (κ1) is 9.49. The molecule has 2 rings (SSSR count). The van der Waals surface area contributed by atoms with Gasteiger partial charge in [-0.3, -0.25) is 0 Å². The molecule has 0 radical (unpaired) electrons. The first-order valence-corrected chi connectivity index (χ1v) is 5.42. The van der Waals surface area contributed by atoms with Crippen molar-refractivity contribution < 1.29 is 10.2 Å². The number of phenolic OH excluding ortho intramolecular Hbond substituents is 1. The van der Waals surface area contributed by atoms with E-state index in [1.807, 2.05) is 24.4 Å². The van der Waals surface area contributed by atoms with E-state index in [4.69, 9.17) is 5.11 Å². The van der Waals surface area contributed by atoms with Crippen LogP contribution in [-0.4, -0.2) is 16.8 Å². The Morgan fingerprint density at radius 3 is 2.93 bits per heavy atom. The standard InChI is InChI=1S/C11H12O2S/c1-7(5-12)8-6-14-10-4-2-3-9(13)11(8)10/h2-4,6-7,12-13H,5H2,1H3. The van der Waals surface area contributed by atoms with Crippen molar-refractivity contribution in [1.82, 2.24) is 0 Å². The van der Waals surface area contributed by atoms with E-state index in [-0.39, 0.29) is 12.5 Å². The van der Waals surface area contributed by atoms with Gasteiger partial charge >= 0.3 is 0 Å². The first-order chi connectivity index (χ1) is 6.74. The number of aliphatic hydroxyl groups is 1. The van der Waals surface area contributed by atoms with E-state index in [2.05, 4.69) is 0 Å². The third-order valence-corrected chi connectivity index (χ3v) is 3.38. The normalized spacial score (nSPS) is 13.3. The van der Waals surface area contributed by atoms with Gasteiger partial charge in [-0.1, -0.05) is 13.0 Å². The minimum Gasteiger partial charge on any atom is -0.507 e. The summed E-state index contributed by atoms with van der Waals surface area (Å²) < 4.78 is 1.07. The van der Waals surface area contributed by atoms with Crippen molar-refractivity contribution in [2.45, 2.75) is 12.8 Å². The number of thiophene rings is 1. The van der Waals surface area contributed by atoms with Gasteiger partial charge in [-0.05, 0) is 23.1 Å². The average Bonchev–Trinajstić information content (AvgIpc) is 2.62. The predicted octanol–water partition coefficient (Wildman–Crippen LogP) is 2.70. The van der Waals surface area contributed by atoms with Crippen LogP contribution in [0, 0.1) is 0 Å². The summed E-state index contributed by atoms with van der Waals surface area (Å²) in [6.07, 6.45) is 0. The molecule has 0 aliphatic carbocycles. The van der Waals surface area contributed by atoms with E-state index < -0.39 is 0 Å². The third kappa shape index (κ3) is 1.38. The Morgan fingerprint density at radius 1 is 1.43 bits per heavy atom. The van der Waals surface area contributed by atoms with Crippen LogP contribution in [0.5, 0.6) is 5.75 Å². The van der Waals surface area contributed by atoms with Gasteiger partial charge in [0, 0.05) is 22.6 Å². The molecule has 74 valence electrons. The number of rotatable bonds is 2. The lowest BCUT2D eigenvalue weighted by Gasteiger charge is -2.06. The summed E-state index contributed by atoms with van der Waals surface area (Å²) in [5.41, 5.74) is 1.03. The molecule has 0 amide bonds. The average molecular weight is 208 g/mol. The molecule has 1 aromatic carbocycles. The minimum absolute atomic E-state index is 0.0806. The van der Waals surface area contributed by atoms with Crippen LogP contribution in [0.15, 0.2) is 23.6 Å². The molecule has 0 bridgehead atoms. The number of hydrogen-bond donors (Lipinski definition) is 2. The molecule has 2 aromatic rings. The summed E-state index contributed by atoms with van der Waals surface area (Å²) in [6, 6.07) is 5.50. The van der Waals surface area contributed by atoms with Crippen LogP contribution in [0.1, 0.15) is 18.4 Å². The van der Waals surface area contributed by atoms with E-state index in [0.29, 0.717) is 5.75 Å². The number of benzene rings is 1. The number of fused-ring (bicyclic) bond motifs is 1. The highest BCUT2D eigenvalue weighted by molar-refractivity contribution is 7.17. The number of phenols is 1. The number of aliphatic hydroxyl groups excluding tert-OH is 1. The maximum absolute atomic E-state index is 9.71. The Hall–Kier alpha value is -1.06. The van der Waals surface area contributed by atoms with E-state index in [0.717, 1.165) is 15.6 Å². The molecule has 1 heterocycles. The van der Waals surface area contributed by atoms with Crippen molar-refractivity contribution in [3.63, 3.8) is 0 Å². The highest BCUT2D eigenvalue weighted by Gasteiger charge is 2.12. The summed E-state index contributed by atoms with van der Waals surface area (Å²) in [7, 11) is 0. The Labute approximate surface area is 86.4 Å². The van der Waals surface area contributed by atoms with Crippen LogP contribution >= 0.6 is 11.3 Å². The Morgan fingerprint density at radius 2 is 2.21 bits per heavy atom. The second-order valence-corrected chi connectivity index (χ2v) is 4.34. The van der Waals surface area contributed by atoms with Gasteiger partial charge in [-0.25, -0.2) is 0 Å². The highest BCUT2D eigenvalue weighted by Crippen LogP contribution is 2.36. The lowest BCUT2D eigenvalue weighted by molar-refractivity contribution is 0.274. The zero-order valence-electron chi connectivity index (χ0n) is 7.90. The molecule has 3 heteroatoms. The molecule has 0 spiro atoms. The molecule has 1 unspecified atom stereocenters. The van der Waals surface area contributed by atoms with Crippen LogP contribution in [0.3, 0.4) is 0 Å². The summed E-state index contributed by atoms with van der Waals surface area (Å²) in [6.45, 7) is 2.06. The maximum Gasteiger partial charge on any atom is 0.124 e. The molecular weight excluding hydrogens is 196 g/mol. The van der Waals surface area contributed by atoms with Crippen molar-refractivity contribution in [2.24, 2.45) is 0 Å². The van der Waals surface area contributed by atoms with Crippen molar-refractivity contribution >= 4 is 21.4 Å². The van der Waals surface area contributed by atoms with Crippen LogP contribution in [0.2, 0.25) is 0 Å². The molecular formula is C11H12O2S. The Bertz CT molecular complexity index is 447. The second kappa shape index (κ2) is 3.59. The molecule has 2 nitrogen and oxygen atoms in total. The van der Waals surface area contributed by atoms with Crippen molar-refractivity contribution in [3.8, 4) is 5.75 Å². The Balaban J connectivity index is 2.67. The lowest BCUT2D eigenvalue weighted by Crippen LogP contribution is -1.97. The fraction of sp³-hybridized carbons (Fsp3) is 0.273. The smallest absolute Gasteiger partial charge is 0.124 e. The molecule has 0 fully saturated rings. The van der Waals surface area contributed by atoms with Gasteiger partial charge in [0.1, 0.15) is 5.75 Å². The van der Waals surface area contributed by atoms with Crippen LogP contribution in [0.25, 0.3) is 10.1 Å².